The monoisotopic (exact) mass is 270 g/mol. The fourth-order valence-corrected chi connectivity index (χ4v) is 1.76. The molecule has 1 rings (SSSR count). The van der Waals surface area contributed by atoms with Gasteiger partial charge in [-0.1, -0.05) is 13.8 Å². The summed E-state index contributed by atoms with van der Waals surface area (Å²) in [5, 5.41) is 0. The van der Waals surface area contributed by atoms with Gasteiger partial charge in [0, 0.05) is 20.0 Å². The van der Waals surface area contributed by atoms with Gasteiger partial charge in [0.15, 0.2) is 0 Å². The smallest absolute Gasteiger partial charge is 0.233 e. The lowest BCUT2D eigenvalue weighted by atomic mass is 10.1. The molecule has 0 spiro atoms. The van der Waals surface area contributed by atoms with Crippen LogP contribution in [0.15, 0.2) is 0 Å². The van der Waals surface area contributed by atoms with Crippen LogP contribution in [-0.4, -0.2) is 43.6 Å². The Morgan fingerprint density at radius 3 is 2.47 bits per heavy atom. The second-order valence-electron chi connectivity index (χ2n) is 3.47. The zero-order chi connectivity index (χ0) is 13.5. The van der Waals surface area contributed by atoms with E-state index in [2.05, 4.69) is 9.76 Å². The molecule has 1 aliphatic heterocycles. The molecule has 1 unspecified atom stereocenters. The van der Waals surface area contributed by atoms with Gasteiger partial charge in [0.1, 0.15) is 0 Å². The predicted molar refractivity (Wildman–Crippen MR) is 66.3 cm³/mol. The van der Waals surface area contributed by atoms with E-state index < -0.39 is 11.2 Å². The van der Waals surface area contributed by atoms with E-state index in [1.165, 1.54) is 6.92 Å². The minimum atomic E-state index is -3.98. The molecule has 0 aromatic rings. The van der Waals surface area contributed by atoms with Crippen LogP contribution in [0.3, 0.4) is 0 Å². The van der Waals surface area contributed by atoms with Crippen molar-refractivity contribution < 1.29 is 22.7 Å². The van der Waals surface area contributed by atoms with Gasteiger partial charge in [-0.2, -0.15) is 9.76 Å². The summed E-state index contributed by atoms with van der Waals surface area (Å²) in [4.78, 5) is 12.7. The highest BCUT2D eigenvalue weighted by atomic mass is 32.3. The van der Waals surface area contributed by atoms with E-state index in [9.17, 15) is 4.79 Å². The lowest BCUT2D eigenvalue weighted by molar-refractivity contribution is -0.130. The highest BCUT2D eigenvalue weighted by Crippen LogP contribution is 2.32. The zero-order valence-electron chi connectivity index (χ0n) is 10.4. The molecule has 1 amide bonds. The van der Waals surface area contributed by atoms with E-state index in [4.69, 9.17) is 13.7 Å². The number of rotatable bonds is 3. The van der Waals surface area contributed by atoms with E-state index in [0.717, 1.165) is 12.8 Å². The Labute approximate surface area is 103 Å². The van der Waals surface area contributed by atoms with Crippen molar-refractivity contribution in [3.63, 3.8) is 0 Å². The van der Waals surface area contributed by atoms with Gasteiger partial charge in [-0.3, -0.25) is 18.5 Å². The third-order valence-corrected chi connectivity index (χ3v) is 2.51. The molecule has 0 aliphatic carbocycles. The van der Waals surface area contributed by atoms with Crippen molar-refractivity contribution in [3.05, 3.63) is 0 Å². The fraction of sp³-hybridized carbons (Fsp3) is 0.889. The maximum Gasteiger partial charge on any atom is 0.233 e. The summed E-state index contributed by atoms with van der Waals surface area (Å²) in [6.07, 6.45) is 1.56. The summed E-state index contributed by atoms with van der Waals surface area (Å²) in [6.45, 7) is 6.61. The van der Waals surface area contributed by atoms with Gasteiger partial charge >= 0.3 is 0 Å². The number of piperidine rings is 1. The first-order valence-corrected chi connectivity index (χ1v) is 7.01. The molecule has 1 atom stereocenters. The molecule has 1 saturated heterocycles. The summed E-state index contributed by atoms with van der Waals surface area (Å²) in [5.41, 5.74) is 2.34. The van der Waals surface area contributed by atoms with Gasteiger partial charge in [-0.05, 0) is 12.8 Å². The third-order valence-electron chi connectivity index (χ3n) is 2.19. The largest absolute Gasteiger partial charge is 0.341 e. The molecule has 1 aliphatic rings. The minimum absolute atomic E-state index is 0.0305. The molecule has 0 radical (unpaired) electrons. The fourth-order valence-electron chi connectivity index (χ4n) is 1.49. The first-order valence-electron chi connectivity index (χ1n) is 5.58. The maximum absolute atomic E-state index is 11.1. The molecule has 1 heterocycles. The topological polar surface area (TPSA) is 102 Å². The number of hydroxylamine groups is 1. The van der Waals surface area contributed by atoms with Crippen molar-refractivity contribution in [3.8, 4) is 0 Å². The molecule has 0 bridgehead atoms. The van der Waals surface area contributed by atoms with Crippen molar-refractivity contribution in [2.45, 2.75) is 39.7 Å². The molecule has 0 aromatic carbocycles. The first-order chi connectivity index (χ1) is 7.88. The van der Waals surface area contributed by atoms with Gasteiger partial charge < -0.3 is 4.90 Å². The van der Waals surface area contributed by atoms with Crippen molar-refractivity contribution in [1.82, 2.24) is 10.4 Å². The minimum Gasteiger partial charge on any atom is -0.341 e. The second-order valence-corrected chi connectivity index (χ2v) is 4.58. The average Bonchev–Trinajstić information content (AvgIpc) is 2.28. The maximum atomic E-state index is 11.1. The van der Waals surface area contributed by atoms with E-state index >= 15 is 0 Å². The van der Waals surface area contributed by atoms with Gasteiger partial charge in [0.25, 0.3) is 0 Å². The predicted octanol–water partition coefficient (Wildman–Crippen LogP) is 1.68. The van der Waals surface area contributed by atoms with Crippen LogP contribution in [0, 0.1) is 0 Å². The van der Waals surface area contributed by atoms with E-state index in [1.807, 2.05) is 13.8 Å². The summed E-state index contributed by atoms with van der Waals surface area (Å²) in [5.74, 6) is -0.0305. The molecule has 1 fully saturated rings. The zero-order valence-corrected chi connectivity index (χ0v) is 11.2. The molecule has 17 heavy (non-hydrogen) atoms. The van der Waals surface area contributed by atoms with Crippen LogP contribution >= 0.6 is 11.2 Å². The highest BCUT2D eigenvalue weighted by molar-refractivity contribution is 8.15. The molecule has 4 N–H and O–H groups in total. The number of carbonyl (C=O) groups excluding carboxylic acids is 1. The molecule has 0 aromatic heterocycles. The van der Waals surface area contributed by atoms with Crippen molar-refractivity contribution in [2.75, 3.05) is 13.1 Å². The van der Waals surface area contributed by atoms with E-state index in [0.29, 0.717) is 13.1 Å². The Morgan fingerprint density at radius 2 is 2.00 bits per heavy atom. The number of hydrogen-bond acceptors (Lipinski definition) is 6. The number of amides is 1. The highest BCUT2D eigenvalue weighted by Gasteiger charge is 2.23. The van der Waals surface area contributed by atoms with Crippen molar-refractivity contribution in [2.24, 2.45) is 0 Å². The van der Waals surface area contributed by atoms with Crippen LogP contribution in [-0.2, 0) is 9.08 Å². The Kier molecular flexibility index (Phi) is 7.68. The lowest BCUT2D eigenvalue weighted by Gasteiger charge is -2.33. The van der Waals surface area contributed by atoms with Gasteiger partial charge in [-0.15, -0.1) is 0 Å². The van der Waals surface area contributed by atoms with Crippen LogP contribution in [0.1, 0.15) is 33.6 Å². The number of carbonyl (C=O) groups is 1. The van der Waals surface area contributed by atoms with Crippen molar-refractivity contribution >= 4 is 17.1 Å². The number of hydrogen-bond donors (Lipinski definition) is 4. The van der Waals surface area contributed by atoms with Crippen LogP contribution in [0.4, 0.5) is 0 Å². The number of nitrogens with one attached hydrogen (secondary N) is 1. The molecule has 8 heteroatoms. The summed E-state index contributed by atoms with van der Waals surface area (Å²) in [6, 6.07) is -0.194. The molecule has 7 nitrogen and oxygen atoms in total. The average molecular weight is 270 g/mol. The number of nitrogens with zero attached hydrogens (tertiary/aromatic N) is 1. The van der Waals surface area contributed by atoms with Gasteiger partial charge in [0.05, 0.1) is 6.04 Å². The Balaban J connectivity index is 0.00000121. The van der Waals surface area contributed by atoms with Gasteiger partial charge in [0.2, 0.25) is 17.1 Å². The van der Waals surface area contributed by atoms with Crippen LogP contribution in [0.2, 0.25) is 0 Å². The summed E-state index contributed by atoms with van der Waals surface area (Å²) >= 11 is -3.98. The van der Waals surface area contributed by atoms with Crippen LogP contribution in [0.25, 0.3) is 0 Å². The summed E-state index contributed by atoms with van der Waals surface area (Å²) < 4.78 is 29.9. The van der Waals surface area contributed by atoms with Gasteiger partial charge in [-0.25, -0.2) is 0 Å². The Hall–Kier alpha value is -0.380. The lowest BCUT2D eigenvalue weighted by Crippen LogP contribution is -2.47. The summed E-state index contributed by atoms with van der Waals surface area (Å²) in [7, 11) is 0. The molecule has 104 valence electrons. The van der Waals surface area contributed by atoms with E-state index in [1.54, 1.807) is 4.90 Å². The Bertz CT molecular complexity index is 234. The molecule has 0 saturated carbocycles. The first kappa shape index (κ1) is 16.6. The third kappa shape index (κ3) is 7.53. The second kappa shape index (κ2) is 7.85. The number of likely N-dealkylation sites (tertiary alicyclic amines) is 1. The SMILES string of the molecule is CC.CC(=O)N1CCCC(NOS(O)(O)O)C1. The standard InChI is InChI=1S/C7H16N2O5S.C2H6/c1-6(10)9-4-2-3-7(5-9)8-14-15(11,12)13;1-2/h7-8,11-13H,2-5H2,1H3;1-2H3. The van der Waals surface area contributed by atoms with Crippen molar-refractivity contribution in [1.29, 1.82) is 0 Å². The van der Waals surface area contributed by atoms with E-state index in [-0.39, 0.29) is 11.9 Å². The molecular formula is C9H22N2O5S. The Morgan fingerprint density at radius 1 is 1.41 bits per heavy atom. The molecular weight excluding hydrogens is 248 g/mol. The normalized spacial score (nSPS) is 21.5. The van der Waals surface area contributed by atoms with Crippen LogP contribution in [0.5, 0.6) is 0 Å². The quantitative estimate of drug-likeness (QED) is 0.582. The van der Waals surface area contributed by atoms with Crippen LogP contribution < -0.4 is 5.48 Å².